The standard InChI is InChI=1S/C16H23NO2S/c1-12-5-2-3-6-13(12)14-11-15(14)16(19)17-7-10-20-9-4-8-18/h2-3,5-6,14-15,18H,4,7-11H2,1H3,(H,17,19). The van der Waals surface area contributed by atoms with E-state index in [1.165, 1.54) is 11.1 Å². The summed E-state index contributed by atoms with van der Waals surface area (Å²) in [6.07, 6.45) is 1.81. The van der Waals surface area contributed by atoms with Crippen molar-refractivity contribution in [2.75, 3.05) is 24.7 Å². The number of benzene rings is 1. The molecule has 0 radical (unpaired) electrons. The van der Waals surface area contributed by atoms with Crippen LogP contribution in [0, 0.1) is 12.8 Å². The van der Waals surface area contributed by atoms with E-state index in [9.17, 15) is 4.79 Å². The first-order valence-electron chi connectivity index (χ1n) is 7.26. The number of rotatable bonds is 8. The summed E-state index contributed by atoms with van der Waals surface area (Å²) >= 11 is 1.78. The second-order valence-corrected chi connectivity index (χ2v) is 6.51. The number of hydrogen-bond donors (Lipinski definition) is 2. The molecule has 1 aliphatic rings. The first-order chi connectivity index (χ1) is 9.74. The van der Waals surface area contributed by atoms with E-state index in [0.717, 1.165) is 30.9 Å². The molecular formula is C16H23NO2S. The Morgan fingerprint density at radius 2 is 2.20 bits per heavy atom. The summed E-state index contributed by atoms with van der Waals surface area (Å²) < 4.78 is 0. The average Bonchev–Trinajstić information content (AvgIpc) is 3.23. The highest BCUT2D eigenvalue weighted by Crippen LogP contribution is 2.48. The third-order valence-electron chi connectivity index (χ3n) is 3.71. The molecule has 2 rings (SSSR count). The molecule has 20 heavy (non-hydrogen) atoms. The zero-order chi connectivity index (χ0) is 14.4. The molecule has 1 aromatic carbocycles. The second-order valence-electron chi connectivity index (χ2n) is 5.29. The molecule has 0 heterocycles. The summed E-state index contributed by atoms with van der Waals surface area (Å²) in [5.74, 6) is 2.66. The summed E-state index contributed by atoms with van der Waals surface area (Å²) in [4.78, 5) is 12.0. The smallest absolute Gasteiger partial charge is 0.223 e. The Balaban J connectivity index is 1.67. The predicted molar refractivity (Wildman–Crippen MR) is 84.1 cm³/mol. The lowest BCUT2D eigenvalue weighted by Crippen LogP contribution is -2.27. The van der Waals surface area contributed by atoms with Crippen molar-refractivity contribution in [2.24, 2.45) is 5.92 Å². The van der Waals surface area contributed by atoms with Crippen molar-refractivity contribution >= 4 is 17.7 Å². The molecule has 4 heteroatoms. The number of aliphatic hydroxyl groups is 1. The Morgan fingerprint density at radius 1 is 1.40 bits per heavy atom. The Kier molecular flexibility index (Phi) is 5.92. The van der Waals surface area contributed by atoms with Crippen molar-refractivity contribution in [3.63, 3.8) is 0 Å². The highest BCUT2D eigenvalue weighted by Gasteiger charge is 2.44. The van der Waals surface area contributed by atoms with Gasteiger partial charge < -0.3 is 10.4 Å². The molecule has 0 saturated heterocycles. The molecule has 1 fully saturated rings. The quantitative estimate of drug-likeness (QED) is 0.723. The number of aryl methyl sites for hydroxylation is 1. The maximum atomic E-state index is 12.0. The topological polar surface area (TPSA) is 49.3 Å². The fraction of sp³-hybridized carbons (Fsp3) is 0.562. The Bertz CT molecular complexity index is 450. The zero-order valence-electron chi connectivity index (χ0n) is 12.0. The largest absolute Gasteiger partial charge is 0.396 e. The third-order valence-corrected chi connectivity index (χ3v) is 4.78. The van der Waals surface area contributed by atoms with E-state index in [2.05, 4.69) is 24.4 Å². The Hall–Kier alpha value is -1.00. The zero-order valence-corrected chi connectivity index (χ0v) is 12.8. The van der Waals surface area contributed by atoms with E-state index in [0.29, 0.717) is 5.92 Å². The fourth-order valence-electron chi connectivity index (χ4n) is 2.48. The summed E-state index contributed by atoms with van der Waals surface area (Å²) in [5, 5.41) is 11.7. The van der Waals surface area contributed by atoms with E-state index in [1.807, 2.05) is 12.1 Å². The van der Waals surface area contributed by atoms with E-state index >= 15 is 0 Å². The highest BCUT2D eigenvalue weighted by molar-refractivity contribution is 7.99. The van der Waals surface area contributed by atoms with Crippen LogP contribution in [0.15, 0.2) is 24.3 Å². The van der Waals surface area contributed by atoms with Crippen LogP contribution in [-0.2, 0) is 4.79 Å². The lowest BCUT2D eigenvalue weighted by Gasteiger charge is -2.06. The number of carbonyl (C=O) groups is 1. The van der Waals surface area contributed by atoms with Gasteiger partial charge in [-0.2, -0.15) is 11.8 Å². The van der Waals surface area contributed by atoms with Crippen molar-refractivity contribution in [1.82, 2.24) is 5.32 Å². The monoisotopic (exact) mass is 293 g/mol. The van der Waals surface area contributed by atoms with E-state index in [4.69, 9.17) is 5.11 Å². The molecule has 1 aliphatic carbocycles. The van der Waals surface area contributed by atoms with Crippen LogP contribution in [0.2, 0.25) is 0 Å². The fourth-order valence-corrected chi connectivity index (χ4v) is 3.26. The summed E-state index contributed by atoms with van der Waals surface area (Å²) in [7, 11) is 0. The van der Waals surface area contributed by atoms with Crippen LogP contribution < -0.4 is 5.32 Å². The minimum atomic E-state index is 0.165. The van der Waals surface area contributed by atoms with Gasteiger partial charge >= 0.3 is 0 Å². The SMILES string of the molecule is Cc1ccccc1C1CC1C(=O)NCCSCCCO. The first-order valence-corrected chi connectivity index (χ1v) is 8.41. The van der Waals surface area contributed by atoms with Crippen molar-refractivity contribution in [3.8, 4) is 0 Å². The molecule has 0 spiro atoms. The first kappa shape index (κ1) is 15.4. The molecule has 2 N–H and O–H groups in total. The lowest BCUT2D eigenvalue weighted by atomic mass is 10.0. The minimum absolute atomic E-state index is 0.165. The van der Waals surface area contributed by atoms with E-state index in [-0.39, 0.29) is 18.4 Å². The molecule has 110 valence electrons. The van der Waals surface area contributed by atoms with Gasteiger partial charge in [-0.25, -0.2) is 0 Å². The van der Waals surface area contributed by atoms with Gasteiger partial charge in [0.2, 0.25) is 5.91 Å². The van der Waals surface area contributed by atoms with Crippen LogP contribution in [0.5, 0.6) is 0 Å². The molecule has 2 unspecified atom stereocenters. The molecular weight excluding hydrogens is 270 g/mol. The van der Waals surface area contributed by atoms with Crippen LogP contribution in [0.1, 0.15) is 29.9 Å². The Labute approximate surface area is 125 Å². The van der Waals surface area contributed by atoms with Gasteiger partial charge in [0.25, 0.3) is 0 Å². The third kappa shape index (κ3) is 4.25. The van der Waals surface area contributed by atoms with Crippen molar-refractivity contribution < 1.29 is 9.90 Å². The molecule has 3 nitrogen and oxygen atoms in total. The number of carbonyl (C=O) groups excluding carboxylic acids is 1. The molecule has 0 aliphatic heterocycles. The maximum absolute atomic E-state index is 12.0. The minimum Gasteiger partial charge on any atom is -0.396 e. The van der Waals surface area contributed by atoms with Gasteiger partial charge in [0, 0.05) is 24.8 Å². The number of hydrogen-bond acceptors (Lipinski definition) is 3. The van der Waals surface area contributed by atoms with E-state index < -0.39 is 0 Å². The molecule has 1 amide bonds. The van der Waals surface area contributed by atoms with Gasteiger partial charge in [-0.05, 0) is 42.6 Å². The van der Waals surface area contributed by atoms with Crippen LogP contribution in [0.3, 0.4) is 0 Å². The second kappa shape index (κ2) is 7.70. The molecule has 0 aromatic heterocycles. The molecule has 2 atom stereocenters. The van der Waals surface area contributed by atoms with E-state index in [1.54, 1.807) is 11.8 Å². The highest BCUT2D eigenvalue weighted by atomic mass is 32.2. The van der Waals surface area contributed by atoms with Gasteiger partial charge in [0.15, 0.2) is 0 Å². The van der Waals surface area contributed by atoms with Crippen LogP contribution >= 0.6 is 11.8 Å². The number of nitrogens with one attached hydrogen (secondary N) is 1. The summed E-state index contributed by atoms with van der Waals surface area (Å²) in [6, 6.07) is 8.34. The maximum Gasteiger partial charge on any atom is 0.223 e. The van der Waals surface area contributed by atoms with Gasteiger partial charge in [0.05, 0.1) is 0 Å². The van der Waals surface area contributed by atoms with Crippen LogP contribution in [0.25, 0.3) is 0 Å². The Morgan fingerprint density at radius 3 is 2.95 bits per heavy atom. The lowest BCUT2D eigenvalue weighted by molar-refractivity contribution is -0.122. The summed E-state index contributed by atoms with van der Waals surface area (Å²) in [6.45, 7) is 3.09. The summed E-state index contributed by atoms with van der Waals surface area (Å²) in [5.41, 5.74) is 2.61. The average molecular weight is 293 g/mol. The van der Waals surface area contributed by atoms with Crippen LogP contribution in [-0.4, -0.2) is 35.7 Å². The van der Waals surface area contributed by atoms with Gasteiger partial charge in [-0.1, -0.05) is 24.3 Å². The van der Waals surface area contributed by atoms with Crippen molar-refractivity contribution in [3.05, 3.63) is 35.4 Å². The molecule has 0 bridgehead atoms. The predicted octanol–water partition coefficient (Wildman–Crippen LogP) is 2.33. The molecule has 1 saturated carbocycles. The van der Waals surface area contributed by atoms with Crippen molar-refractivity contribution in [2.45, 2.75) is 25.7 Å². The van der Waals surface area contributed by atoms with Gasteiger partial charge in [0.1, 0.15) is 0 Å². The van der Waals surface area contributed by atoms with Crippen molar-refractivity contribution in [1.29, 1.82) is 0 Å². The number of aliphatic hydroxyl groups excluding tert-OH is 1. The molecule has 1 aromatic rings. The number of thioether (sulfide) groups is 1. The van der Waals surface area contributed by atoms with Crippen LogP contribution in [0.4, 0.5) is 0 Å². The normalized spacial score (nSPS) is 20.7. The van der Waals surface area contributed by atoms with Gasteiger partial charge in [-0.15, -0.1) is 0 Å². The van der Waals surface area contributed by atoms with Gasteiger partial charge in [-0.3, -0.25) is 4.79 Å². The number of amides is 1.